The van der Waals surface area contributed by atoms with E-state index in [9.17, 15) is 4.79 Å². The molecule has 0 aromatic carbocycles. The van der Waals surface area contributed by atoms with E-state index < -0.39 is 0 Å². The second-order valence-electron chi connectivity index (χ2n) is 1.76. The van der Waals surface area contributed by atoms with Crippen molar-refractivity contribution in [3.63, 3.8) is 0 Å². The van der Waals surface area contributed by atoms with Crippen molar-refractivity contribution in [2.75, 3.05) is 6.54 Å². The molecule has 0 aliphatic rings. The molecule has 0 fully saturated rings. The van der Waals surface area contributed by atoms with Crippen LogP contribution in [0.2, 0.25) is 0 Å². The third kappa shape index (κ3) is 17.7. The fourth-order valence-corrected chi connectivity index (χ4v) is 0.443. The third-order valence-corrected chi connectivity index (χ3v) is 0.850. The molecule has 0 aliphatic heterocycles. The quantitative estimate of drug-likeness (QED) is 0.202. The zero-order valence-corrected chi connectivity index (χ0v) is 6.79. The van der Waals surface area contributed by atoms with Crippen LogP contribution in [0.1, 0.15) is 19.8 Å². The largest absolute Gasteiger partial charge is 0.300 e. The van der Waals surface area contributed by atoms with Gasteiger partial charge in [-0.2, -0.15) is 0 Å². The van der Waals surface area contributed by atoms with Gasteiger partial charge in [-0.15, -0.1) is 13.2 Å². The third-order valence-electron chi connectivity index (χ3n) is 0.850. The van der Waals surface area contributed by atoms with Crippen molar-refractivity contribution in [3.05, 3.63) is 23.6 Å². The zero-order chi connectivity index (χ0) is 9.11. The average molecular weight is 155 g/mol. The van der Waals surface area contributed by atoms with Gasteiger partial charge in [-0.3, -0.25) is 0 Å². The second kappa shape index (κ2) is 11.5. The summed E-state index contributed by atoms with van der Waals surface area (Å²) < 4.78 is 0. The Labute approximate surface area is 66.5 Å². The summed E-state index contributed by atoms with van der Waals surface area (Å²) in [6.07, 6.45) is 1.18. The maximum Gasteiger partial charge on any atom is 0.129 e. The molecule has 0 aromatic heterocycles. The van der Waals surface area contributed by atoms with Gasteiger partial charge in [-0.1, -0.05) is 5.11 Å². The molecule has 0 bridgehead atoms. The molecule has 0 aromatic rings. The van der Waals surface area contributed by atoms with E-state index in [1.807, 2.05) is 0 Å². The van der Waals surface area contributed by atoms with Gasteiger partial charge in [0, 0.05) is 17.9 Å². The van der Waals surface area contributed by atoms with Gasteiger partial charge in [0.05, 0.1) is 0 Å². The number of carbonyl (C=O) groups excluding carboxylic acids is 1. The number of hydrogen-bond donors (Lipinski definition) is 0. The predicted octanol–water partition coefficient (Wildman–Crippen LogP) is 2.47. The first-order valence-corrected chi connectivity index (χ1v) is 3.27. The lowest BCUT2D eigenvalue weighted by molar-refractivity contribution is -0.117. The summed E-state index contributed by atoms with van der Waals surface area (Å²) in [4.78, 5) is 12.8. The normalized spacial score (nSPS) is 7.00. The van der Waals surface area contributed by atoms with Crippen molar-refractivity contribution in [2.45, 2.75) is 19.8 Å². The van der Waals surface area contributed by atoms with Crippen molar-refractivity contribution in [1.29, 1.82) is 0 Å². The molecule has 0 unspecified atom stereocenters. The molecule has 4 nitrogen and oxygen atoms in total. The molecule has 0 atom stereocenters. The number of ketones is 1. The van der Waals surface area contributed by atoms with Gasteiger partial charge in [-0.05, 0) is 18.9 Å². The van der Waals surface area contributed by atoms with E-state index in [0.717, 1.165) is 0 Å². The lowest BCUT2D eigenvalue weighted by Gasteiger charge is -1.87. The second-order valence-corrected chi connectivity index (χ2v) is 1.76. The monoisotopic (exact) mass is 155 g/mol. The standard InChI is InChI=1S/C5H9N3O.C2H4/c1-5(9)3-2-4-7-8-6;1-2/h2-4H2,1H3;1-2H2. The number of nitrogens with zero attached hydrogens (tertiary/aromatic N) is 3. The minimum atomic E-state index is 0.142. The Hall–Kier alpha value is -1.28. The number of rotatable bonds is 4. The zero-order valence-electron chi connectivity index (χ0n) is 6.79. The summed E-state index contributed by atoms with van der Waals surface area (Å²) in [5, 5.41) is 3.27. The average Bonchev–Trinajstić information content (AvgIpc) is 2.02. The van der Waals surface area contributed by atoms with E-state index in [1.54, 1.807) is 0 Å². The van der Waals surface area contributed by atoms with Crippen LogP contribution in [0.3, 0.4) is 0 Å². The van der Waals surface area contributed by atoms with Gasteiger partial charge in [0.1, 0.15) is 5.78 Å². The summed E-state index contributed by atoms with van der Waals surface area (Å²) >= 11 is 0. The first-order chi connectivity index (χ1) is 5.27. The van der Waals surface area contributed by atoms with Crippen molar-refractivity contribution < 1.29 is 4.79 Å². The molecule has 62 valence electrons. The predicted molar refractivity (Wildman–Crippen MR) is 45.2 cm³/mol. The molecule has 0 saturated carbocycles. The van der Waals surface area contributed by atoms with E-state index in [-0.39, 0.29) is 5.78 Å². The van der Waals surface area contributed by atoms with Crippen LogP contribution in [0.25, 0.3) is 10.4 Å². The molecule has 0 heterocycles. The van der Waals surface area contributed by atoms with Gasteiger partial charge in [0.25, 0.3) is 0 Å². The molecular weight excluding hydrogens is 142 g/mol. The molecule has 0 rings (SSSR count). The molecule has 4 heteroatoms. The summed E-state index contributed by atoms with van der Waals surface area (Å²) in [6.45, 7) is 7.95. The summed E-state index contributed by atoms with van der Waals surface area (Å²) in [5.74, 6) is 0.142. The van der Waals surface area contributed by atoms with E-state index in [1.165, 1.54) is 6.92 Å². The van der Waals surface area contributed by atoms with Crippen LogP contribution < -0.4 is 0 Å². The van der Waals surface area contributed by atoms with Crippen molar-refractivity contribution >= 4 is 5.78 Å². The van der Waals surface area contributed by atoms with Gasteiger partial charge in [-0.25, -0.2) is 0 Å². The number of carbonyl (C=O) groups is 1. The van der Waals surface area contributed by atoms with Gasteiger partial charge in [0.2, 0.25) is 0 Å². The van der Waals surface area contributed by atoms with Crippen LogP contribution in [-0.2, 0) is 4.79 Å². The van der Waals surface area contributed by atoms with E-state index >= 15 is 0 Å². The Morgan fingerprint density at radius 2 is 2.18 bits per heavy atom. The molecule has 11 heavy (non-hydrogen) atoms. The maximum atomic E-state index is 10.3. The van der Waals surface area contributed by atoms with Crippen LogP contribution in [0, 0.1) is 0 Å². The summed E-state index contributed by atoms with van der Waals surface area (Å²) in [6, 6.07) is 0. The highest BCUT2D eigenvalue weighted by atomic mass is 16.1. The topological polar surface area (TPSA) is 65.8 Å². The van der Waals surface area contributed by atoms with Gasteiger partial charge in [0.15, 0.2) is 0 Å². The van der Waals surface area contributed by atoms with E-state index in [2.05, 4.69) is 23.2 Å². The molecule has 0 spiro atoms. The lowest BCUT2D eigenvalue weighted by atomic mass is 10.2. The Morgan fingerprint density at radius 3 is 2.55 bits per heavy atom. The van der Waals surface area contributed by atoms with Crippen LogP contribution in [-0.4, -0.2) is 12.3 Å². The number of Topliss-reactive ketones (excluding diaryl/α,β-unsaturated/α-hetero) is 1. The highest BCUT2D eigenvalue weighted by molar-refractivity contribution is 5.75. The number of azide groups is 1. The van der Waals surface area contributed by atoms with Crippen LogP contribution in [0.5, 0.6) is 0 Å². The maximum absolute atomic E-state index is 10.3. The van der Waals surface area contributed by atoms with Gasteiger partial charge >= 0.3 is 0 Å². The molecule has 0 amide bonds. The highest BCUT2D eigenvalue weighted by Gasteiger charge is 1.89. The molecule has 0 N–H and O–H groups in total. The Kier molecular flexibility index (Phi) is 13.0. The van der Waals surface area contributed by atoms with Crippen molar-refractivity contribution in [2.24, 2.45) is 5.11 Å². The summed E-state index contributed by atoms with van der Waals surface area (Å²) in [5.41, 5.74) is 7.80. The van der Waals surface area contributed by atoms with Gasteiger partial charge < -0.3 is 4.79 Å². The Bertz CT molecular complexity index is 148. The lowest BCUT2D eigenvalue weighted by Crippen LogP contribution is -1.90. The van der Waals surface area contributed by atoms with Crippen LogP contribution >= 0.6 is 0 Å². The first kappa shape index (κ1) is 12.4. The molecule has 0 radical (unpaired) electrons. The smallest absolute Gasteiger partial charge is 0.129 e. The van der Waals surface area contributed by atoms with E-state index in [4.69, 9.17) is 5.53 Å². The van der Waals surface area contributed by atoms with E-state index in [0.29, 0.717) is 19.4 Å². The van der Waals surface area contributed by atoms with Crippen LogP contribution in [0.15, 0.2) is 18.3 Å². The van der Waals surface area contributed by atoms with Crippen molar-refractivity contribution in [3.8, 4) is 0 Å². The van der Waals surface area contributed by atoms with Crippen LogP contribution in [0.4, 0.5) is 0 Å². The molecular formula is C7H13N3O. The first-order valence-electron chi connectivity index (χ1n) is 3.27. The highest BCUT2D eigenvalue weighted by Crippen LogP contribution is 1.89. The van der Waals surface area contributed by atoms with Crippen molar-refractivity contribution in [1.82, 2.24) is 0 Å². The number of hydrogen-bond acceptors (Lipinski definition) is 2. The molecule has 0 saturated heterocycles. The minimum absolute atomic E-state index is 0.142. The molecule has 0 aliphatic carbocycles. The summed E-state index contributed by atoms with van der Waals surface area (Å²) in [7, 11) is 0. The Balaban J connectivity index is 0. The Morgan fingerprint density at radius 1 is 1.64 bits per heavy atom. The minimum Gasteiger partial charge on any atom is -0.300 e. The fraction of sp³-hybridized carbons (Fsp3) is 0.571. The SMILES string of the molecule is C=C.CC(=O)CCCN=[N+]=[N-]. The fourth-order valence-electron chi connectivity index (χ4n) is 0.443.